The first-order chi connectivity index (χ1) is 12.1. The highest BCUT2D eigenvalue weighted by atomic mass is 35.5. The smallest absolute Gasteiger partial charge is 0.244 e. The number of carbonyl (C=O) groups is 1. The minimum absolute atomic E-state index is 0.123. The number of hydrogen-bond donors (Lipinski definition) is 0. The van der Waals surface area contributed by atoms with Crippen molar-refractivity contribution in [3.8, 4) is 5.75 Å². The van der Waals surface area contributed by atoms with Gasteiger partial charge in [-0.3, -0.25) is 4.79 Å². The molecule has 9 heteroatoms. The number of amides is 1. The molecule has 0 unspecified atom stereocenters. The molecule has 0 atom stereocenters. The van der Waals surface area contributed by atoms with Crippen LogP contribution in [0.2, 0.25) is 10.0 Å². The third-order valence-corrected chi connectivity index (χ3v) is 5.84. The molecule has 6 nitrogen and oxygen atoms in total. The van der Waals surface area contributed by atoms with Crippen molar-refractivity contribution in [3.05, 3.63) is 34.1 Å². The molecular weight excluding hydrogens is 383 g/mol. The zero-order valence-corrected chi connectivity index (χ0v) is 15.6. The average molecular weight is 399 g/mol. The Kier molecular flexibility index (Phi) is 4.80. The van der Waals surface area contributed by atoms with E-state index in [0.717, 1.165) is 30.2 Å². The molecule has 25 heavy (non-hydrogen) atoms. The summed E-state index contributed by atoms with van der Waals surface area (Å²) in [5, 5.41) is 11.9. The minimum atomic E-state index is 0.123. The lowest BCUT2D eigenvalue weighted by Crippen LogP contribution is -2.49. The zero-order chi connectivity index (χ0) is 17.4. The Morgan fingerprint density at radius 1 is 1.32 bits per heavy atom. The van der Waals surface area contributed by atoms with Crippen molar-refractivity contribution in [3.63, 3.8) is 0 Å². The van der Waals surface area contributed by atoms with Gasteiger partial charge in [0.05, 0.1) is 11.6 Å². The second-order valence-electron chi connectivity index (χ2n) is 6.01. The fourth-order valence-electron chi connectivity index (χ4n) is 2.85. The van der Waals surface area contributed by atoms with E-state index in [4.69, 9.17) is 27.9 Å². The van der Waals surface area contributed by atoms with Gasteiger partial charge in [-0.15, -0.1) is 10.2 Å². The van der Waals surface area contributed by atoms with E-state index in [9.17, 15) is 4.79 Å². The summed E-state index contributed by atoms with van der Waals surface area (Å²) in [4.78, 5) is 12.7. The van der Waals surface area contributed by atoms with E-state index < -0.39 is 0 Å². The molecule has 0 N–H and O–H groups in total. The van der Waals surface area contributed by atoms with E-state index >= 15 is 0 Å². The second kappa shape index (κ2) is 7.05. The van der Waals surface area contributed by atoms with Crippen molar-refractivity contribution in [2.24, 2.45) is 5.92 Å². The lowest BCUT2D eigenvalue weighted by atomic mass is 9.84. The van der Waals surface area contributed by atoms with Crippen LogP contribution in [0.5, 0.6) is 5.75 Å². The quantitative estimate of drug-likeness (QED) is 0.787. The molecule has 132 valence electrons. The number of ether oxygens (including phenoxy) is 1. The molecule has 1 fully saturated rings. The highest BCUT2D eigenvalue weighted by Crippen LogP contribution is 2.32. The zero-order valence-electron chi connectivity index (χ0n) is 13.3. The average Bonchev–Trinajstić information content (AvgIpc) is 2.95. The summed E-state index contributed by atoms with van der Waals surface area (Å²) in [5.41, 5.74) is 0. The van der Waals surface area contributed by atoms with Crippen LogP contribution in [0.3, 0.4) is 0 Å². The van der Waals surface area contributed by atoms with Crippen LogP contribution in [0.15, 0.2) is 23.4 Å². The number of thioether (sulfide) groups is 1. The number of aromatic nitrogens is 3. The summed E-state index contributed by atoms with van der Waals surface area (Å²) in [7, 11) is 0. The fraction of sp³-hybridized carbons (Fsp3) is 0.438. The van der Waals surface area contributed by atoms with Gasteiger partial charge in [-0.1, -0.05) is 41.4 Å². The van der Waals surface area contributed by atoms with Crippen LogP contribution in [-0.4, -0.2) is 33.1 Å². The number of nitrogens with zero attached hydrogens (tertiary/aromatic N) is 4. The van der Waals surface area contributed by atoms with Crippen LogP contribution in [0, 0.1) is 5.92 Å². The monoisotopic (exact) mass is 398 g/mol. The van der Waals surface area contributed by atoms with E-state index in [1.165, 1.54) is 0 Å². The molecule has 2 aromatic rings. The maximum absolute atomic E-state index is 12.7. The normalized spacial score (nSPS) is 17.1. The van der Waals surface area contributed by atoms with Gasteiger partial charge in [0.2, 0.25) is 11.1 Å². The molecule has 1 aromatic carbocycles. The van der Waals surface area contributed by atoms with Crippen molar-refractivity contribution < 1.29 is 9.53 Å². The number of rotatable bonds is 4. The van der Waals surface area contributed by atoms with Crippen LogP contribution in [0.25, 0.3) is 0 Å². The molecule has 0 spiro atoms. The van der Waals surface area contributed by atoms with Gasteiger partial charge in [0.1, 0.15) is 12.4 Å². The molecular formula is C16H16Cl2N4O2S. The van der Waals surface area contributed by atoms with Crippen LogP contribution in [0.1, 0.15) is 25.1 Å². The maximum atomic E-state index is 12.7. The number of halogens is 2. The van der Waals surface area contributed by atoms with Gasteiger partial charge in [0, 0.05) is 16.7 Å². The first-order valence-electron chi connectivity index (χ1n) is 8.10. The van der Waals surface area contributed by atoms with Crippen molar-refractivity contribution in [2.75, 3.05) is 17.3 Å². The van der Waals surface area contributed by atoms with E-state index in [1.54, 1.807) is 39.6 Å². The Balaban J connectivity index is 1.55. The third-order valence-electron chi connectivity index (χ3n) is 4.41. The molecule has 1 aromatic heterocycles. The first-order valence-corrected chi connectivity index (χ1v) is 9.84. The van der Waals surface area contributed by atoms with Gasteiger partial charge < -0.3 is 4.74 Å². The van der Waals surface area contributed by atoms with Crippen LogP contribution < -0.4 is 9.75 Å². The van der Waals surface area contributed by atoms with Gasteiger partial charge >= 0.3 is 0 Å². The molecule has 1 saturated carbocycles. The molecule has 0 bridgehead atoms. The van der Waals surface area contributed by atoms with E-state index in [1.807, 2.05) is 0 Å². The SMILES string of the molecule is O=C(C1CCC1)N1CCSc2nnc(COc3ccc(Cl)cc3Cl)n21. The van der Waals surface area contributed by atoms with Crippen LogP contribution >= 0.6 is 35.0 Å². The minimum Gasteiger partial charge on any atom is -0.484 e. The van der Waals surface area contributed by atoms with Crippen molar-refractivity contribution >= 4 is 40.9 Å². The fourth-order valence-corrected chi connectivity index (χ4v) is 4.19. The Morgan fingerprint density at radius 3 is 2.88 bits per heavy atom. The van der Waals surface area contributed by atoms with Crippen molar-refractivity contribution in [1.29, 1.82) is 0 Å². The first kappa shape index (κ1) is 17.0. The molecule has 4 rings (SSSR count). The Labute approximate surface area is 159 Å². The van der Waals surface area contributed by atoms with Gasteiger partial charge in [0.25, 0.3) is 0 Å². The molecule has 1 aliphatic carbocycles. The standard InChI is InChI=1S/C16H16Cl2N4O2S/c17-11-4-5-13(12(18)8-11)24-9-14-19-20-16-22(14)21(6-7-25-16)15(23)10-2-1-3-10/h4-5,8,10H,1-3,6-7,9H2. The largest absolute Gasteiger partial charge is 0.484 e. The number of hydrogen-bond acceptors (Lipinski definition) is 5. The number of fused-ring (bicyclic) bond motifs is 1. The molecule has 1 amide bonds. The Hall–Kier alpha value is -1.44. The van der Waals surface area contributed by atoms with Crippen LogP contribution in [0.4, 0.5) is 0 Å². The molecule has 0 radical (unpaired) electrons. The van der Waals surface area contributed by atoms with Gasteiger partial charge in [-0.05, 0) is 31.0 Å². The number of benzene rings is 1. The summed E-state index contributed by atoms with van der Waals surface area (Å²) in [5.74, 6) is 2.20. The van der Waals surface area contributed by atoms with E-state index in [0.29, 0.717) is 28.2 Å². The van der Waals surface area contributed by atoms with E-state index in [2.05, 4.69) is 10.2 Å². The summed E-state index contributed by atoms with van der Waals surface area (Å²) in [6.45, 7) is 0.823. The van der Waals surface area contributed by atoms with Crippen molar-refractivity contribution in [1.82, 2.24) is 14.9 Å². The lowest BCUT2D eigenvalue weighted by molar-refractivity contribution is -0.126. The predicted octanol–water partition coefficient (Wildman–Crippen LogP) is 3.53. The van der Waals surface area contributed by atoms with E-state index in [-0.39, 0.29) is 18.4 Å². The maximum Gasteiger partial charge on any atom is 0.244 e. The van der Waals surface area contributed by atoms with Crippen LogP contribution in [-0.2, 0) is 11.4 Å². The summed E-state index contributed by atoms with van der Waals surface area (Å²) >= 11 is 13.6. The molecule has 2 heterocycles. The Bertz CT molecular complexity index is 809. The molecule has 1 aliphatic heterocycles. The van der Waals surface area contributed by atoms with Gasteiger partial charge in [-0.25, -0.2) is 9.69 Å². The van der Waals surface area contributed by atoms with Crippen molar-refractivity contribution in [2.45, 2.75) is 31.0 Å². The predicted molar refractivity (Wildman–Crippen MR) is 97.0 cm³/mol. The number of carbonyl (C=O) groups excluding carboxylic acids is 1. The third kappa shape index (κ3) is 3.32. The summed E-state index contributed by atoms with van der Waals surface area (Å²) in [6.07, 6.45) is 3.05. The highest BCUT2D eigenvalue weighted by Gasteiger charge is 2.34. The topological polar surface area (TPSA) is 60.3 Å². The lowest BCUT2D eigenvalue weighted by Gasteiger charge is -2.34. The van der Waals surface area contributed by atoms with Gasteiger partial charge in [0.15, 0.2) is 5.82 Å². The molecule has 0 saturated heterocycles. The second-order valence-corrected chi connectivity index (χ2v) is 7.92. The molecule has 2 aliphatic rings. The summed E-state index contributed by atoms with van der Waals surface area (Å²) in [6, 6.07) is 5.05. The Morgan fingerprint density at radius 2 is 2.16 bits per heavy atom. The van der Waals surface area contributed by atoms with Gasteiger partial charge in [-0.2, -0.15) is 0 Å². The summed E-state index contributed by atoms with van der Waals surface area (Å²) < 4.78 is 7.56. The highest BCUT2D eigenvalue weighted by molar-refractivity contribution is 7.99.